The Labute approximate surface area is 132 Å². The maximum atomic E-state index is 12.8. The van der Waals surface area contributed by atoms with Crippen molar-refractivity contribution in [1.29, 1.82) is 0 Å². The highest BCUT2D eigenvalue weighted by Crippen LogP contribution is 2.37. The molecule has 22 heavy (non-hydrogen) atoms. The first-order valence-electron chi connectivity index (χ1n) is 8.14. The fourth-order valence-electron chi connectivity index (χ4n) is 2.82. The van der Waals surface area contributed by atoms with E-state index < -0.39 is 0 Å². The molecule has 0 spiro atoms. The number of aromatic nitrogens is 1. The van der Waals surface area contributed by atoms with E-state index in [1.165, 1.54) is 11.1 Å². The second kappa shape index (κ2) is 6.09. The van der Waals surface area contributed by atoms with Gasteiger partial charge in [-0.15, -0.1) is 0 Å². The predicted molar refractivity (Wildman–Crippen MR) is 91.3 cm³/mol. The van der Waals surface area contributed by atoms with Gasteiger partial charge in [0.25, 0.3) is 5.56 Å². The van der Waals surface area contributed by atoms with Crippen molar-refractivity contribution < 1.29 is 0 Å². The first-order valence-corrected chi connectivity index (χ1v) is 8.14. The van der Waals surface area contributed by atoms with Gasteiger partial charge < -0.3 is 9.88 Å². The van der Waals surface area contributed by atoms with E-state index in [0.717, 1.165) is 36.2 Å². The van der Waals surface area contributed by atoms with Crippen molar-refractivity contribution in [1.82, 2.24) is 9.88 Å². The van der Waals surface area contributed by atoms with Gasteiger partial charge in [0.1, 0.15) is 0 Å². The van der Waals surface area contributed by atoms with Crippen LogP contribution in [0.5, 0.6) is 0 Å². The lowest BCUT2D eigenvalue weighted by molar-refractivity contribution is 0.673. The Hall–Kier alpha value is -1.87. The lowest BCUT2D eigenvalue weighted by Crippen LogP contribution is -2.27. The van der Waals surface area contributed by atoms with Gasteiger partial charge in [0.2, 0.25) is 0 Å². The van der Waals surface area contributed by atoms with Crippen molar-refractivity contribution in [3.8, 4) is 11.3 Å². The number of pyridine rings is 1. The molecule has 3 heteroatoms. The van der Waals surface area contributed by atoms with Crippen LogP contribution in [-0.4, -0.2) is 11.1 Å². The van der Waals surface area contributed by atoms with Crippen molar-refractivity contribution >= 4 is 0 Å². The maximum Gasteiger partial charge on any atom is 0.255 e. The third-order valence-electron chi connectivity index (χ3n) is 4.48. The maximum absolute atomic E-state index is 12.8. The van der Waals surface area contributed by atoms with E-state index in [4.69, 9.17) is 0 Å². The van der Waals surface area contributed by atoms with Gasteiger partial charge in [-0.2, -0.15) is 0 Å². The summed E-state index contributed by atoms with van der Waals surface area (Å²) in [7, 11) is 0. The van der Waals surface area contributed by atoms with Crippen LogP contribution in [0.1, 0.15) is 42.5 Å². The van der Waals surface area contributed by atoms with Gasteiger partial charge in [0.15, 0.2) is 0 Å². The molecule has 3 nitrogen and oxygen atoms in total. The number of nitrogens with zero attached hydrogens (tertiary/aromatic N) is 1. The largest absolute Gasteiger partial charge is 0.313 e. The zero-order valence-corrected chi connectivity index (χ0v) is 13.6. The summed E-state index contributed by atoms with van der Waals surface area (Å²) in [4.78, 5) is 12.8. The highest BCUT2D eigenvalue weighted by molar-refractivity contribution is 5.62. The molecule has 1 aromatic heterocycles. The minimum Gasteiger partial charge on any atom is -0.313 e. The highest BCUT2D eigenvalue weighted by Gasteiger charge is 2.27. The SMILES string of the molecule is CCNCc1ccc(-c2ccc(C)c(C)c2)n(C2CC2)c1=O. The van der Waals surface area contributed by atoms with Gasteiger partial charge in [-0.1, -0.05) is 25.1 Å². The third-order valence-corrected chi connectivity index (χ3v) is 4.48. The summed E-state index contributed by atoms with van der Waals surface area (Å²) in [5.74, 6) is 0. The fraction of sp³-hybridized carbons (Fsp3) is 0.421. The van der Waals surface area contributed by atoms with Crippen LogP contribution in [0.15, 0.2) is 35.1 Å². The zero-order valence-electron chi connectivity index (χ0n) is 13.6. The molecule has 1 N–H and O–H groups in total. The first kappa shape index (κ1) is 15.0. The molecule has 1 aliphatic rings. The molecule has 0 aliphatic heterocycles. The number of benzene rings is 1. The van der Waals surface area contributed by atoms with Crippen LogP contribution in [0.25, 0.3) is 11.3 Å². The van der Waals surface area contributed by atoms with Crippen molar-refractivity contribution in [2.75, 3.05) is 6.54 Å². The number of hydrogen-bond acceptors (Lipinski definition) is 2. The molecule has 3 rings (SSSR count). The summed E-state index contributed by atoms with van der Waals surface area (Å²) >= 11 is 0. The molecule has 2 aromatic rings. The van der Waals surface area contributed by atoms with Crippen LogP contribution < -0.4 is 10.9 Å². The van der Waals surface area contributed by atoms with Gasteiger partial charge in [0.05, 0.1) is 5.69 Å². The lowest BCUT2D eigenvalue weighted by Gasteiger charge is -2.15. The summed E-state index contributed by atoms with van der Waals surface area (Å²) in [6.07, 6.45) is 2.23. The molecule has 0 radical (unpaired) electrons. The Balaban J connectivity index is 2.09. The van der Waals surface area contributed by atoms with E-state index >= 15 is 0 Å². The van der Waals surface area contributed by atoms with E-state index in [1.807, 2.05) is 10.6 Å². The van der Waals surface area contributed by atoms with E-state index in [1.54, 1.807) is 0 Å². The number of rotatable bonds is 5. The average molecular weight is 296 g/mol. The van der Waals surface area contributed by atoms with Crippen molar-refractivity contribution in [2.45, 2.75) is 46.2 Å². The zero-order chi connectivity index (χ0) is 15.7. The molecule has 116 valence electrons. The Morgan fingerprint density at radius 3 is 2.55 bits per heavy atom. The predicted octanol–water partition coefficient (Wildman–Crippen LogP) is 3.58. The summed E-state index contributed by atoms with van der Waals surface area (Å²) in [6, 6.07) is 10.9. The summed E-state index contributed by atoms with van der Waals surface area (Å²) < 4.78 is 2.01. The van der Waals surface area contributed by atoms with Crippen LogP contribution in [0.2, 0.25) is 0 Å². The second-order valence-corrected chi connectivity index (χ2v) is 6.23. The van der Waals surface area contributed by atoms with E-state index in [2.05, 4.69) is 50.4 Å². The van der Waals surface area contributed by atoms with Crippen LogP contribution in [0.3, 0.4) is 0 Å². The standard InChI is InChI=1S/C19H24N2O/c1-4-20-12-16-7-10-18(21(19(16)22)17-8-9-17)15-6-5-13(2)14(3)11-15/h5-7,10-11,17,20H,4,8-9,12H2,1-3H3. The van der Waals surface area contributed by atoms with Gasteiger partial charge >= 0.3 is 0 Å². The molecular formula is C19H24N2O. The molecule has 1 aliphatic carbocycles. The molecule has 1 saturated carbocycles. The van der Waals surface area contributed by atoms with Crippen LogP contribution in [0.4, 0.5) is 0 Å². The Morgan fingerprint density at radius 2 is 1.91 bits per heavy atom. The van der Waals surface area contributed by atoms with Crippen molar-refractivity contribution in [2.24, 2.45) is 0 Å². The monoisotopic (exact) mass is 296 g/mol. The van der Waals surface area contributed by atoms with Gasteiger partial charge in [-0.05, 0) is 62.1 Å². The average Bonchev–Trinajstić information content (AvgIpc) is 3.33. The van der Waals surface area contributed by atoms with Crippen LogP contribution >= 0.6 is 0 Å². The molecule has 1 aromatic carbocycles. The first-order chi connectivity index (χ1) is 10.6. The van der Waals surface area contributed by atoms with Gasteiger partial charge in [-0.25, -0.2) is 0 Å². The molecule has 0 amide bonds. The van der Waals surface area contributed by atoms with Crippen molar-refractivity contribution in [3.63, 3.8) is 0 Å². The van der Waals surface area contributed by atoms with E-state index in [0.29, 0.717) is 12.6 Å². The van der Waals surface area contributed by atoms with E-state index in [9.17, 15) is 4.79 Å². The molecular weight excluding hydrogens is 272 g/mol. The molecule has 0 bridgehead atoms. The second-order valence-electron chi connectivity index (χ2n) is 6.23. The smallest absolute Gasteiger partial charge is 0.255 e. The molecule has 1 heterocycles. The minimum atomic E-state index is 0.166. The van der Waals surface area contributed by atoms with Crippen molar-refractivity contribution in [3.05, 3.63) is 57.4 Å². The molecule has 0 unspecified atom stereocenters. The Morgan fingerprint density at radius 1 is 1.14 bits per heavy atom. The topological polar surface area (TPSA) is 34.0 Å². The summed E-state index contributed by atoms with van der Waals surface area (Å²) in [5.41, 5.74) is 5.77. The van der Waals surface area contributed by atoms with Crippen LogP contribution in [0, 0.1) is 13.8 Å². The molecule has 0 atom stereocenters. The third kappa shape index (κ3) is 2.86. The van der Waals surface area contributed by atoms with Crippen LogP contribution in [-0.2, 0) is 6.54 Å². The number of hydrogen-bond donors (Lipinski definition) is 1. The molecule has 0 saturated heterocycles. The summed E-state index contributed by atoms with van der Waals surface area (Å²) in [6.45, 7) is 7.82. The van der Waals surface area contributed by atoms with Gasteiger partial charge in [-0.3, -0.25) is 4.79 Å². The fourth-order valence-corrected chi connectivity index (χ4v) is 2.82. The molecule has 1 fully saturated rings. The summed E-state index contributed by atoms with van der Waals surface area (Å²) in [5, 5.41) is 3.25. The Bertz CT molecular complexity index is 742. The number of aryl methyl sites for hydroxylation is 2. The Kier molecular flexibility index (Phi) is 4.16. The normalized spacial score (nSPS) is 14.3. The highest BCUT2D eigenvalue weighted by atomic mass is 16.1. The number of nitrogens with one attached hydrogen (secondary N) is 1. The van der Waals surface area contributed by atoms with E-state index in [-0.39, 0.29) is 5.56 Å². The van der Waals surface area contributed by atoms with Gasteiger partial charge in [0, 0.05) is 18.2 Å². The minimum absolute atomic E-state index is 0.166. The lowest BCUT2D eigenvalue weighted by atomic mass is 10.0. The quantitative estimate of drug-likeness (QED) is 0.915.